The van der Waals surface area contributed by atoms with Crippen LogP contribution in [-0.4, -0.2) is 23.1 Å². The van der Waals surface area contributed by atoms with Gasteiger partial charge in [-0.1, -0.05) is 44.2 Å². The number of aliphatic carboxylic acids is 1. The molecule has 0 heterocycles. The molecule has 0 aliphatic carbocycles. The fourth-order valence-corrected chi connectivity index (χ4v) is 1.96. The first-order valence-electron chi connectivity index (χ1n) is 6.75. The minimum atomic E-state index is -0.931. The minimum absolute atomic E-state index is 0.434. The molecule has 0 amide bonds. The van der Waals surface area contributed by atoms with Gasteiger partial charge in [0.15, 0.2) is 0 Å². The first kappa shape index (κ1) is 16.0. The number of benzene rings is 1. The average molecular weight is 276 g/mol. The first-order chi connectivity index (χ1) is 9.58. The van der Waals surface area contributed by atoms with Crippen molar-refractivity contribution >= 4 is 18.0 Å². The Hall–Kier alpha value is -2.10. The van der Waals surface area contributed by atoms with E-state index in [1.54, 1.807) is 13.0 Å². The third-order valence-corrected chi connectivity index (χ3v) is 3.09. The predicted octanol–water partition coefficient (Wildman–Crippen LogP) is 3.13. The average Bonchev–Trinajstić information content (AvgIpc) is 2.45. The highest BCUT2D eigenvalue weighted by atomic mass is 16.5. The molecule has 0 spiro atoms. The van der Waals surface area contributed by atoms with Crippen LogP contribution >= 0.6 is 0 Å². The van der Waals surface area contributed by atoms with Crippen molar-refractivity contribution in [3.8, 4) is 0 Å². The molecule has 20 heavy (non-hydrogen) atoms. The lowest BCUT2D eigenvalue weighted by Gasteiger charge is -2.21. The number of rotatable bonds is 7. The standard InChI is InChI=1S/C16H20O4/c1-3-13(16(18)19)14(4-2)20-15(17)11-10-12-8-6-5-7-9-12/h5-11,13-14H,3-4H2,1-2H3,(H,18,19). The molecular formula is C16H20O4. The predicted molar refractivity (Wildman–Crippen MR) is 77.1 cm³/mol. The van der Waals surface area contributed by atoms with Crippen molar-refractivity contribution in [1.29, 1.82) is 0 Å². The maximum atomic E-state index is 11.7. The summed E-state index contributed by atoms with van der Waals surface area (Å²) >= 11 is 0. The summed E-state index contributed by atoms with van der Waals surface area (Å²) in [6.07, 6.45) is 3.30. The summed E-state index contributed by atoms with van der Waals surface area (Å²) in [5.74, 6) is -2.10. The zero-order valence-corrected chi connectivity index (χ0v) is 11.8. The summed E-state index contributed by atoms with van der Waals surface area (Å²) in [5, 5.41) is 9.09. The Balaban J connectivity index is 2.64. The van der Waals surface area contributed by atoms with E-state index in [1.165, 1.54) is 6.08 Å². The molecule has 0 radical (unpaired) electrons. The fraction of sp³-hybridized carbons (Fsp3) is 0.375. The molecule has 0 aliphatic heterocycles. The number of hydrogen-bond donors (Lipinski definition) is 1. The topological polar surface area (TPSA) is 63.6 Å². The van der Waals surface area contributed by atoms with Gasteiger partial charge in [-0.15, -0.1) is 0 Å². The maximum absolute atomic E-state index is 11.7. The number of carboxylic acid groups (broad SMARTS) is 1. The molecule has 1 aromatic rings. The SMILES string of the molecule is CCC(OC(=O)C=Cc1ccccc1)C(CC)C(=O)O. The number of hydrogen-bond acceptors (Lipinski definition) is 3. The van der Waals surface area contributed by atoms with Gasteiger partial charge in [-0.25, -0.2) is 4.79 Å². The van der Waals surface area contributed by atoms with Gasteiger partial charge < -0.3 is 9.84 Å². The lowest BCUT2D eigenvalue weighted by molar-refractivity contribution is -0.155. The van der Waals surface area contributed by atoms with Gasteiger partial charge in [0.05, 0.1) is 5.92 Å². The lowest BCUT2D eigenvalue weighted by Crippen LogP contribution is -2.31. The summed E-state index contributed by atoms with van der Waals surface area (Å²) in [6.45, 7) is 3.58. The smallest absolute Gasteiger partial charge is 0.331 e. The van der Waals surface area contributed by atoms with Gasteiger partial charge in [-0.05, 0) is 24.5 Å². The van der Waals surface area contributed by atoms with Crippen LogP contribution in [0.3, 0.4) is 0 Å². The van der Waals surface area contributed by atoms with E-state index < -0.39 is 24.0 Å². The highest BCUT2D eigenvalue weighted by Crippen LogP contribution is 2.16. The largest absolute Gasteiger partial charge is 0.481 e. The van der Waals surface area contributed by atoms with Crippen LogP contribution in [0.15, 0.2) is 36.4 Å². The molecule has 4 nitrogen and oxygen atoms in total. The Morgan fingerprint density at radius 1 is 1.20 bits per heavy atom. The van der Waals surface area contributed by atoms with Gasteiger partial charge in [-0.3, -0.25) is 4.79 Å². The van der Waals surface area contributed by atoms with Crippen LogP contribution in [-0.2, 0) is 14.3 Å². The van der Waals surface area contributed by atoms with E-state index in [0.717, 1.165) is 5.56 Å². The Kier molecular flexibility index (Phi) is 6.50. The summed E-state index contributed by atoms with van der Waals surface area (Å²) in [7, 11) is 0. The van der Waals surface area contributed by atoms with Crippen molar-refractivity contribution in [2.24, 2.45) is 5.92 Å². The lowest BCUT2D eigenvalue weighted by atomic mass is 9.97. The van der Waals surface area contributed by atoms with Gasteiger partial charge in [0.25, 0.3) is 0 Å². The normalized spacial score (nSPS) is 13.9. The molecule has 1 rings (SSSR count). The number of carbonyl (C=O) groups is 2. The third-order valence-electron chi connectivity index (χ3n) is 3.09. The van der Waals surface area contributed by atoms with E-state index in [9.17, 15) is 9.59 Å². The molecule has 0 bridgehead atoms. The quantitative estimate of drug-likeness (QED) is 0.614. The Morgan fingerprint density at radius 2 is 1.85 bits per heavy atom. The van der Waals surface area contributed by atoms with Crippen molar-refractivity contribution < 1.29 is 19.4 Å². The molecule has 0 aromatic heterocycles. The van der Waals surface area contributed by atoms with Crippen LogP contribution in [0.2, 0.25) is 0 Å². The van der Waals surface area contributed by atoms with Gasteiger partial charge in [0, 0.05) is 6.08 Å². The van der Waals surface area contributed by atoms with Crippen LogP contribution in [0.5, 0.6) is 0 Å². The van der Waals surface area contributed by atoms with Crippen LogP contribution < -0.4 is 0 Å². The van der Waals surface area contributed by atoms with Gasteiger partial charge >= 0.3 is 11.9 Å². The molecule has 0 saturated carbocycles. The van der Waals surface area contributed by atoms with E-state index in [1.807, 2.05) is 37.3 Å². The molecule has 0 fully saturated rings. The fourth-order valence-electron chi connectivity index (χ4n) is 1.96. The number of carboxylic acids is 1. The van der Waals surface area contributed by atoms with Crippen molar-refractivity contribution in [1.82, 2.24) is 0 Å². The molecule has 2 atom stereocenters. The number of esters is 1. The molecule has 2 unspecified atom stereocenters. The summed E-state index contributed by atoms with van der Waals surface area (Å²) in [6, 6.07) is 9.37. The summed E-state index contributed by atoms with van der Waals surface area (Å²) in [4.78, 5) is 22.8. The number of carbonyl (C=O) groups excluding carboxylic acids is 1. The Morgan fingerprint density at radius 3 is 2.35 bits per heavy atom. The minimum Gasteiger partial charge on any atom is -0.481 e. The molecule has 0 aliphatic rings. The summed E-state index contributed by atoms with van der Waals surface area (Å²) in [5.41, 5.74) is 0.891. The second-order valence-electron chi connectivity index (χ2n) is 4.48. The second-order valence-corrected chi connectivity index (χ2v) is 4.48. The molecular weight excluding hydrogens is 256 g/mol. The van der Waals surface area contributed by atoms with E-state index >= 15 is 0 Å². The van der Waals surface area contributed by atoms with Gasteiger partial charge in [-0.2, -0.15) is 0 Å². The van der Waals surface area contributed by atoms with E-state index in [4.69, 9.17) is 9.84 Å². The van der Waals surface area contributed by atoms with E-state index in [0.29, 0.717) is 12.8 Å². The van der Waals surface area contributed by atoms with Crippen LogP contribution in [0.1, 0.15) is 32.3 Å². The van der Waals surface area contributed by atoms with Gasteiger partial charge in [0.2, 0.25) is 0 Å². The zero-order chi connectivity index (χ0) is 15.0. The van der Waals surface area contributed by atoms with Crippen molar-refractivity contribution in [3.05, 3.63) is 42.0 Å². The van der Waals surface area contributed by atoms with Crippen molar-refractivity contribution in [3.63, 3.8) is 0 Å². The Labute approximate surface area is 119 Å². The zero-order valence-electron chi connectivity index (χ0n) is 11.8. The van der Waals surface area contributed by atoms with Crippen LogP contribution in [0, 0.1) is 5.92 Å². The van der Waals surface area contributed by atoms with Crippen LogP contribution in [0.4, 0.5) is 0 Å². The summed E-state index contributed by atoms with van der Waals surface area (Å²) < 4.78 is 5.23. The molecule has 1 N–H and O–H groups in total. The monoisotopic (exact) mass is 276 g/mol. The van der Waals surface area contributed by atoms with Crippen LogP contribution in [0.25, 0.3) is 6.08 Å². The van der Waals surface area contributed by atoms with Crippen molar-refractivity contribution in [2.75, 3.05) is 0 Å². The molecule has 4 heteroatoms. The second kappa shape index (κ2) is 8.15. The highest BCUT2D eigenvalue weighted by Gasteiger charge is 2.27. The van der Waals surface area contributed by atoms with Crippen molar-refractivity contribution in [2.45, 2.75) is 32.8 Å². The number of ether oxygens (including phenoxy) is 1. The first-order valence-corrected chi connectivity index (χ1v) is 6.75. The molecule has 0 saturated heterocycles. The third kappa shape index (κ3) is 4.88. The maximum Gasteiger partial charge on any atom is 0.331 e. The van der Waals surface area contributed by atoms with E-state index in [-0.39, 0.29) is 0 Å². The van der Waals surface area contributed by atoms with Gasteiger partial charge in [0.1, 0.15) is 6.10 Å². The molecule has 108 valence electrons. The Bertz CT molecular complexity index is 465. The molecule has 1 aromatic carbocycles. The highest BCUT2D eigenvalue weighted by molar-refractivity contribution is 5.87. The van der Waals surface area contributed by atoms with E-state index in [2.05, 4.69) is 0 Å².